The molecule has 7 nitrogen and oxygen atoms in total. The summed E-state index contributed by atoms with van der Waals surface area (Å²) in [4.78, 5) is 33.9. The van der Waals surface area contributed by atoms with Crippen molar-refractivity contribution in [2.75, 3.05) is 17.7 Å². The average molecular weight is 417 g/mol. The Morgan fingerprint density at radius 1 is 1.03 bits per heavy atom. The van der Waals surface area contributed by atoms with Gasteiger partial charge in [0.1, 0.15) is 5.82 Å². The van der Waals surface area contributed by atoms with Crippen molar-refractivity contribution in [1.82, 2.24) is 15.3 Å². The monoisotopic (exact) mass is 417 g/mol. The summed E-state index contributed by atoms with van der Waals surface area (Å²) in [6.45, 7) is 1.89. The number of rotatable bonds is 5. The molecule has 0 fully saturated rings. The van der Waals surface area contributed by atoms with Crippen LogP contribution in [0.5, 0.6) is 0 Å². The number of carbonyl (C=O) groups is 2. The molecule has 4 aromatic rings. The molecular formula is C22H19N5O2S. The second-order valence-corrected chi connectivity index (χ2v) is 7.50. The predicted octanol–water partition coefficient (Wildman–Crippen LogP) is 4.36. The average Bonchev–Trinajstić information content (AvgIpc) is 3.19. The van der Waals surface area contributed by atoms with E-state index in [9.17, 15) is 9.59 Å². The van der Waals surface area contributed by atoms with Crippen LogP contribution in [0.2, 0.25) is 0 Å². The van der Waals surface area contributed by atoms with E-state index in [1.54, 1.807) is 19.2 Å². The smallest absolute Gasteiger partial charge is 0.257 e. The van der Waals surface area contributed by atoms with Crippen LogP contribution in [0.15, 0.2) is 60.1 Å². The number of aryl methyl sites for hydroxylation is 1. The van der Waals surface area contributed by atoms with E-state index in [0.717, 1.165) is 15.8 Å². The van der Waals surface area contributed by atoms with Crippen molar-refractivity contribution >= 4 is 50.6 Å². The van der Waals surface area contributed by atoms with E-state index in [0.29, 0.717) is 28.5 Å². The van der Waals surface area contributed by atoms with Crippen molar-refractivity contribution < 1.29 is 9.59 Å². The highest BCUT2D eigenvalue weighted by atomic mass is 32.1. The van der Waals surface area contributed by atoms with E-state index in [1.165, 1.54) is 17.5 Å². The molecule has 3 aromatic heterocycles. The van der Waals surface area contributed by atoms with Crippen molar-refractivity contribution in [3.63, 3.8) is 0 Å². The lowest BCUT2D eigenvalue weighted by molar-refractivity contribution is 0.0961. The molecule has 4 rings (SSSR count). The normalized spacial score (nSPS) is 10.6. The molecule has 150 valence electrons. The zero-order valence-electron chi connectivity index (χ0n) is 16.4. The lowest BCUT2D eigenvalue weighted by atomic mass is 10.1. The number of thiophene rings is 1. The lowest BCUT2D eigenvalue weighted by Gasteiger charge is -2.13. The van der Waals surface area contributed by atoms with E-state index in [4.69, 9.17) is 0 Å². The van der Waals surface area contributed by atoms with Gasteiger partial charge in [0, 0.05) is 34.4 Å². The van der Waals surface area contributed by atoms with E-state index in [1.807, 2.05) is 48.7 Å². The van der Waals surface area contributed by atoms with Gasteiger partial charge in [0.15, 0.2) is 5.82 Å². The quantitative estimate of drug-likeness (QED) is 0.448. The molecule has 2 amide bonds. The van der Waals surface area contributed by atoms with E-state index in [2.05, 4.69) is 25.9 Å². The third kappa shape index (κ3) is 3.99. The molecular weight excluding hydrogens is 398 g/mol. The largest absolute Gasteiger partial charge is 0.355 e. The van der Waals surface area contributed by atoms with Crippen molar-refractivity contribution in [2.24, 2.45) is 0 Å². The summed E-state index contributed by atoms with van der Waals surface area (Å²) in [6.07, 6.45) is 1.45. The summed E-state index contributed by atoms with van der Waals surface area (Å²) in [6, 6.07) is 14.9. The summed E-state index contributed by atoms with van der Waals surface area (Å²) in [7, 11) is 1.54. The van der Waals surface area contributed by atoms with Gasteiger partial charge in [-0.1, -0.05) is 24.3 Å². The number of hydrogen-bond acceptors (Lipinski definition) is 6. The van der Waals surface area contributed by atoms with Gasteiger partial charge in [-0.3, -0.25) is 9.59 Å². The molecule has 0 aliphatic rings. The third-order valence-corrected chi connectivity index (χ3v) is 5.45. The Labute approximate surface area is 177 Å². The minimum Gasteiger partial charge on any atom is -0.355 e. The molecule has 0 radical (unpaired) electrons. The highest BCUT2D eigenvalue weighted by Gasteiger charge is 2.17. The Bertz CT molecular complexity index is 1250. The first-order chi connectivity index (χ1) is 14.5. The van der Waals surface area contributed by atoms with Crippen LogP contribution >= 0.6 is 11.3 Å². The Morgan fingerprint density at radius 2 is 1.87 bits per heavy atom. The molecule has 30 heavy (non-hydrogen) atoms. The molecule has 8 heteroatoms. The van der Waals surface area contributed by atoms with E-state index < -0.39 is 0 Å². The molecule has 0 bridgehead atoms. The highest BCUT2D eigenvalue weighted by molar-refractivity contribution is 7.17. The van der Waals surface area contributed by atoms with Crippen molar-refractivity contribution in [1.29, 1.82) is 0 Å². The number of aromatic nitrogens is 2. The van der Waals surface area contributed by atoms with Gasteiger partial charge in [-0.05, 0) is 31.2 Å². The number of amides is 2. The number of carbonyl (C=O) groups excluding carboxylic acids is 2. The van der Waals surface area contributed by atoms with Gasteiger partial charge in [-0.25, -0.2) is 9.97 Å². The van der Waals surface area contributed by atoms with Crippen LogP contribution in [0, 0.1) is 6.92 Å². The topological polar surface area (TPSA) is 96.0 Å². The van der Waals surface area contributed by atoms with Crippen LogP contribution in [0.25, 0.3) is 10.1 Å². The van der Waals surface area contributed by atoms with Crippen LogP contribution in [-0.2, 0) is 0 Å². The minimum atomic E-state index is -0.292. The zero-order valence-corrected chi connectivity index (χ0v) is 17.2. The molecule has 0 aliphatic heterocycles. The molecule has 0 atom stereocenters. The predicted molar refractivity (Wildman–Crippen MR) is 120 cm³/mol. The number of fused-ring (bicyclic) bond motifs is 1. The second-order valence-electron chi connectivity index (χ2n) is 6.59. The number of nitrogens with zero attached hydrogens (tertiary/aromatic N) is 2. The number of pyridine rings is 2. The van der Waals surface area contributed by atoms with Gasteiger partial charge in [0.2, 0.25) is 0 Å². The van der Waals surface area contributed by atoms with Gasteiger partial charge < -0.3 is 16.0 Å². The molecule has 3 N–H and O–H groups in total. The standard InChI is InChI=1S/C22H19N5O2S/c1-13-6-5-9-19(25-13)27-20-17(10-14(11-24-20)21(28)23-2)26-22(29)16-12-30-18-8-4-3-7-15(16)18/h3-12H,1-2H3,(H,23,28)(H,26,29)(H,24,25,27). The summed E-state index contributed by atoms with van der Waals surface area (Å²) in [5, 5.41) is 11.3. The van der Waals surface area contributed by atoms with Crippen molar-refractivity contribution in [3.8, 4) is 0 Å². The molecule has 0 unspecified atom stereocenters. The Hall–Kier alpha value is -3.78. The fourth-order valence-electron chi connectivity index (χ4n) is 3.01. The number of hydrogen-bond donors (Lipinski definition) is 3. The maximum atomic E-state index is 13.0. The number of anilines is 3. The Balaban J connectivity index is 1.70. The van der Waals surface area contributed by atoms with E-state index in [-0.39, 0.29) is 11.8 Å². The van der Waals surface area contributed by atoms with Crippen LogP contribution < -0.4 is 16.0 Å². The van der Waals surface area contributed by atoms with Crippen LogP contribution in [0.3, 0.4) is 0 Å². The van der Waals surface area contributed by atoms with Crippen LogP contribution in [0.1, 0.15) is 26.4 Å². The Kier molecular flexibility index (Phi) is 5.40. The third-order valence-electron chi connectivity index (χ3n) is 4.49. The molecule has 0 aliphatic carbocycles. The molecule has 3 heterocycles. The number of benzene rings is 1. The molecule has 1 aromatic carbocycles. The number of nitrogens with one attached hydrogen (secondary N) is 3. The first-order valence-electron chi connectivity index (χ1n) is 9.25. The van der Waals surface area contributed by atoms with Crippen LogP contribution in [-0.4, -0.2) is 28.8 Å². The summed E-state index contributed by atoms with van der Waals surface area (Å²) in [5.74, 6) is 0.420. The first-order valence-corrected chi connectivity index (χ1v) is 10.1. The SMILES string of the molecule is CNC(=O)c1cnc(Nc2cccc(C)n2)c(NC(=O)c2csc3ccccc23)c1. The van der Waals surface area contributed by atoms with E-state index >= 15 is 0 Å². The van der Waals surface area contributed by atoms with Crippen LogP contribution in [0.4, 0.5) is 17.3 Å². The lowest BCUT2D eigenvalue weighted by Crippen LogP contribution is -2.19. The maximum absolute atomic E-state index is 13.0. The second kappa shape index (κ2) is 8.30. The molecule has 0 saturated heterocycles. The summed E-state index contributed by atoms with van der Waals surface area (Å²) < 4.78 is 1.03. The van der Waals surface area contributed by atoms with Gasteiger partial charge >= 0.3 is 0 Å². The summed E-state index contributed by atoms with van der Waals surface area (Å²) >= 11 is 1.51. The van der Waals surface area contributed by atoms with Gasteiger partial charge in [-0.15, -0.1) is 11.3 Å². The van der Waals surface area contributed by atoms with Gasteiger partial charge in [-0.2, -0.15) is 0 Å². The van der Waals surface area contributed by atoms with Crippen molar-refractivity contribution in [3.05, 3.63) is 76.9 Å². The zero-order chi connectivity index (χ0) is 21.1. The Morgan fingerprint density at radius 3 is 2.67 bits per heavy atom. The molecule has 0 saturated carbocycles. The fourth-order valence-corrected chi connectivity index (χ4v) is 3.95. The molecule has 0 spiro atoms. The maximum Gasteiger partial charge on any atom is 0.257 e. The minimum absolute atomic E-state index is 0.274. The first kappa shape index (κ1) is 19.5. The van der Waals surface area contributed by atoms with Crippen molar-refractivity contribution in [2.45, 2.75) is 6.92 Å². The van der Waals surface area contributed by atoms with Gasteiger partial charge in [0.25, 0.3) is 11.8 Å². The summed E-state index contributed by atoms with van der Waals surface area (Å²) in [5.41, 5.74) is 2.14. The van der Waals surface area contributed by atoms with Gasteiger partial charge in [0.05, 0.1) is 16.8 Å². The fraction of sp³-hybridized carbons (Fsp3) is 0.0909. The highest BCUT2D eigenvalue weighted by Crippen LogP contribution is 2.28.